The Bertz CT molecular complexity index is 610. The summed E-state index contributed by atoms with van der Waals surface area (Å²) in [4.78, 5) is 15.5. The highest BCUT2D eigenvalue weighted by Gasteiger charge is 2.20. The molecule has 0 spiro atoms. The molecule has 2 rings (SSSR count). The van der Waals surface area contributed by atoms with Crippen LogP contribution in [0.4, 0.5) is 5.82 Å². The van der Waals surface area contributed by atoms with Crippen molar-refractivity contribution in [1.82, 2.24) is 4.98 Å². The monoisotopic (exact) mass is 258 g/mol. The zero-order valence-corrected chi connectivity index (χ0v) is 11.3. The molecule has 0 fully saturated rings. The van der Waals surface area contributed by atoms with Crippen molar-refractivity contribution < 1.29 is 9.90 Å². The Morgan fingerprint density at radius 3 is 2.68 bits per heavy atom. The van der Waals surface area contributed by atoms with Gasteiger partial charge in [-0.15, -0.1) is 0 Å². The first-order chi connectivity index (χ1) is 8.99. The van der Waals surface area contributed by atoms with Gasteiger partial charge < -0.3 is 10.4 Å². The minimum absolute atomic E-state index is 0.176. The Labute approximate surface area is 112 Å². The van der Waals surface area contributed by atoms with Gasteiger partial charge in [-0.1, -0.05) is 18.2 Å². The molecule has 0 aliphatic rings. The lowest BCUT2D eigenvalue weighted by Gasteiger charge is -2.20. The zero-order chi connectivity index (χ0) is 14.0. The molecule has 2 atom stereocenters. The largest absolute Gasteiger partial charge is 0.481 e. The standard InChI is InChI=1S/C15H18N2O2/c1-9-8-12-6-4-5-7-13(12)17-14(9)16-11(3)10(2)15(18)19/h4-8,10-11H,1-3H3,(H,16,17)(H,18,19). The van der Waals surface area contributed by atoms with E-state index in [0.717, 1.165) is 22.3 Å². The third kappa shape index (κ3) is 2.84. The second-order valence-corrected chi connectivity index (χ2v) is 4.91. The maximum Gasteiger partial charge on any atom is 0.308 e. The van der Waals surface area contributed by atoms with Gasteiger partial charge >= 0.3 is 5.97 Å². The van der Waals surface area contributed by atoms with Crippen LogP contribution in [0.15, 0.2) is 30.3 Å². The second-order valence-electron chi connectivity index (χ2n) is 4.91. The molecule has 2 unspecified atom stereocenters. The summed E-state index contributed by atoms with van der Waals surface area (Å²) in [5.74, 6) is -0.523. The number of fused-ring (bicyclic) bond motifs is 1. The third-order valence-corrected chi connectivity index (χ3v) is 3.42. The van der Waals surface area contributed by atoms with Crippen molar-refractivity contribution in [1.29, 1.82) is 0 Å². The Morgan fingerprint density at radius 1 is 1.32 bits per heavy atom. The van der Waals surface area contributed by atoms with Crippen LogP contribution in [0.1, 0.15) is 19.4 Å². The molecule has 4 nitrogen and oxygen atoms in total. The average Bonchev–Trinajstić information content (AvgIpc) is 2.38. The highest BCUT2D eigenvalue weighted by Crippen LogP contribution is 2.21. The van der Waals surface area contributed by atoms with Gasteiger partial charge in [0, 0.05) is 11.4 Å². The molecule has 19 heavy (non-hydrogen) atoms. The smallest absolute Gasteiger partial charge is 0.308 e. The Hall–Kier alpha value is -2.10. The first-order valence-corrected chi connectivity index (χ1v) is 6.35. The molecular weight excluding hydrogens is 240 g/mol. The van der Waals surface area contributed by atoms with Crippen LogP contribution in [-0.4, -0.2) is 22.1 Å². The number of hydrogen-bond donors (Lipinski definition) is 2. The van der Waals surface area contributed by atoms with Crippen LogP contribution in [0.5, 0.6) is 0 Å². The van der Waals surface area contributed by atoms with Gasteiger partial charge in [0.25, 0.3) is 0 Å². The molecule has 0 aliphatic heterocycles. The summed E-state index contributed by atoms with van der Waals surface area (Å²) in [6.45, 7) is 5.52. The van der Waals surface area contributed by atoms with Gasteiger partial charge in [-0.2, -0.15) is 0 Å². The molecule has 2 N–H and O–H groups in total. The number of carbonyl (C=O) groups is 1. The van der Waals surface area contributed by atoms with Gasteiger partial charge in [-0.3, -0.25) is 4.79 Å². The fourth-order valence-electron chi connectivity index (χ4n) is 1.92. The lowest BCUT2D eigenvalue weighted by Crippen LogP contribution is -2.30. The van der Waals surface area contributed by atoms with E-state index in [-0.39, 0.29) is 6.04 Å². The topological polar surface area (TPSA) is 62.2 Å². The van der Waals surface area contributed by atoms with Crippen molar-refractivity contribution in [3.63, 3.8) is 0 Å². The van der Waals surface area contributed by atoms with E-state index in [9.17, 15) is 4.79 Å². The fourth-order valence-corrected chi connectivity index (χ4v) is 1.92. The molecule has 1 aromatic carbocycles. The third-order valence-electron chi connectivity index (χ3n) is 3.42. The molecule has 1 heterocycles. The van der Waals surface area contributed by atoms with Crippen LogP contribution >= 0.6 is 0 Å². The molecule has 0 amide bonds. The highest BCUT2D eigenvalue weighted by atomic mass is 16.4. The van der Waals surface area contributed by atoms with E-state index in [0.29, 0.717) is 0 Å². The molecule has 0 bridgehead atoms. The summed E-state index contributed by atoms with van der Waals surface area (Å²) < 4.78 is 0. The lowest BCUT2D eigenvalue weighted by atomic mass is 10.0. The quantitative estimate of drug-likeness (QED) is 0.884. The van der Waals surface area contributed by atoms with E-state index in [1.165, 1.54) is 0 Å². The number of anilines is 1. The molecule has 0 saturated heterocycles. The van der Waals surface area contributed by atoms with Crippen LogP contribution in [0.25, 0.3) is 10.9 Å². The highest BCUT2D eigenvalue weighted by molar-refractivity contribution is 5.81. The van der Waals surface area contributed by atoms with Gasteiger partial charge in [0.2, 0.25) is 0 Å². The van der Waals surface area contributed by atoms with Crippen LogP contribution < -0.4 is 5.32 Å². The molecule has 0 aliphatic carbocycles. The van der Waals surface area contributed by atoms with Crippen LogP contribution in [0.2, 0.25) is 0 Å². The molecule has 4 heteroatoms. The summed E-state index contributed by atoms with van der Waals surface area (Å²) in [5, 5.41) is 13.3. The summed E-state index contributed by atoms with van der Waals surface area (Å²) >= 11 is 0. The molecule has 0 saturated carbocycles. The number of nitrogens with zero attached hydrogens (tertiary/aromatic N) is 1. The number of para-hydroxylation sites is 1. The predicted octanol–water partition coefficient (Wildman–Crippen LogP) is 3.06. The number of nitrogens with one attached hydrogen (secondary N) is 1. The van der Waals surface area contributed by atoms with E-state index in [2.05, 4.69) is 16.4 Å². The normalized spacial score (nSPS) is 14.1. The molecule has 100 valence electrons. The van der Waals surface area contributed by atoms with Crippen molar-refractivity contribution in [2.24, 2.45) is 5.92 Å². The first kappa shape index (κ1) is 13.3. The number of pyridine rings is 1. The maximum absolute atomic E-state index is 11.0. The van der Waals surface area contributed by atoms with Gasteiger partial charge in [-0.05, 0) is 38.5 Å². The average molecular weight is 258 g/mol. The van der Waals surface area contributed by atoms with E-state index >= 15 is 0 Å². The molecule has 1 aromatic heterocycles. The lowest BCUT2D eigenvalue weighted by molar-refractivity contribution is -0.141. The first-order valence-electron chi connectivity index (χ1n) is 6.35. The fraction of sp³-hybridized carbons (Fsp3) is 0.333. The van der Waals surface area contributed by atoms with Crippen molar-refractivity contribution in [3.8, 4) is 0 Å². The summed E-state index contributed by atoms with van der Waals surface area (Å²) in [6, 6.07) is 9.77. The van der Waals surface area contributed by atoms with Crippen molar-refractivity contribution in [2.75, 3.05) is 5.32 Å². The number of carboxylic acids is 1. The van der Waals surface area contributed by atoms with Crippen LogP contribution in [-0.2, 0) is 4.79 Å². The summed E-state index contributed by atoms with van der Waals surface area (Å²) in [7, 11) is 0. The van der Waals surface area contributed by atoms with Crippen molar-refractivity contribution in [2.45, 2.75) is 26.8 Å². The van der Waals surface area contributed by atoms with E-state index in [1.54, 1.807) is 6.92 Å². The summed E-state index contributed by atoms with van der Waals surface area (Å²) in [5.41, 5.74) is 1.92. The number of aliphatic carboxylic acids is 1. The predicted molar refractivity (Wildman–Crippen MR) is 76.4 cm³/mol. The SMILES string of the molecule is Cc1cc2ccccc2nc1NC(C)C(C)C(=O)O. The number of aryl methyl sites for hydroxylation is 1. The van der Waals surface area contributed by atoms with Gasteiger partial charge in [0.1, 0.15) is 5.82 Å². The maximum atomic E-state index is 11.0. The number of benzene rings is 1. The van der Waals surface area contributed by atoms with E-state index in [1.807, 2.05) is 38.1 Å². The molecule has 0 radical (unpaired) electrons. The zero-order valence-electron chi connectivity index (χ0n) is 11.3. The van der Waals surface area contributed by atoms with Crippen LogP contribution in [0.3, 0.4) is 0 Å². The van der Waals surface area contributed by atoms with E-state index < -0.39 is 11.9 Å². The van der Waals surface area contributed by atoms with Crippen molar-refractivity contribution in [3.05, 3.63) is 35.9 Å². The minimum Gasteiger partial charge on any atom is -0.481 e. The molecular formula is C15H18N2O2. The summed E-state index contributed by atoms with van der Waals surface area (Å²) in [6.07, 6.45) is 0. The van der Waals surface area contributed by atoms with Crippen molar-refractivity contribution >= 4 is 22.7 Å². The number of aromatic nitrogens is 1. The Balaban J connectivity index is 2.30. The van der Waals surface area contributed by atoms with E-state index in [4.69, 9.17) is 5.11 Å². The van der Waals surface area contributed by atoms with Gasteiger partial charge in [0.05, 0.1) is 11.4 Å². The minimum atomic E-state index is -0.807. The molecule has 2 aromatic rings. The number of carboxylic acid groups (broad SMARTS) is 1. The number of rotatable bonds is 4. The Morgan fingerprint density at radius 2 is 2.00 bits per heavy atom. The van der Waals surface area contributed by atoms with Crippen LogP contribution in [0, 0.1) is 12.8 Å². The number of hydrogen-bond acceptors (Lipinski definition) is 3. The Kier molecular flexibility index (Phi) is 3.69. The van der Waals surface area contributed by atoms with Gasteiger partial charge in [-0.25, -0.2) is 4.98 Å². The second kappa shape index (κ2) is 5.26. The van der Waals surface area contributed by atoms with Gasteiger partial charge in [0.15, 0.2) is 0 Å².